The molecule has 8 nitrogen and oxygen atoms in total. The van der Waals surface area contributed by atoms with E-state index in [0.29, 0.717) is 18.9 Å². The Morgan fingerprint density at radius 2 is 1.87 bits per heavy atom. The summed E-state index contributed by atoms with van der Waals surface area (Å²) in [5.41, 5.74) is 0.852. The van der Waals surface area contributed by atoms with Gasteiger partial charge in [-0.25, -0.2) is 0 Å². The molecule has 0 aliphatic carbocycles. The third-order valence-corrected chi connectivity index (χ3v) is 16.8. The van der Waals surface area contributed by atoms with Crippen molar-refractivity contribution in [1.82, 2.24) is 13.6 Å². The van der Waals surface area contributed by atoms with Gasteiger partial charge in [0.2, 0.25) is 0 Å². The van der Waals surface area contributed by atoms with Crippen molar-refractivity contribution < 1.29 is 23.5 Å². The number of cyclic esters (lactones) is 1. The van der Waals surface area contributed by atoms with Gasteiger partial charge >= 0.3 is 5.97 Å². The van der Waals surface area contributed by atoms with E-state index in [1.807, 2.05) is 33.8 Å². The van der Waals surface area contributed by atoms with Gasteiger partial charge in [-0.15, -0.1) is 0 Å². The summed E-state index contributed by atoms with van der Waals surface area (Å²) < 4.78 is 27.2. The molecule has 0 spiro atoms. The molecule has 2 saturated heterocycles. The van der Waals surface area contributed by atoms with Crippen molar-refractivity contribution in [3.8, 4) is 0 Å². The van der Waals surface area contributed by atoms with Gasteiger partial charge in [-0.1, -0.05) is 68.2 Å². The number of carbonyl (C=O) groups excluding carboxylic acids is 2. The molecule has 2 aliphatic rings. The molecule has 0 bridgehead atoms. The molecule has 8 atom stereocenters. The highest BCUT2D eigenvalue weighted by atomic mass is 32.1. The highest BCUT2D eigenvalue weighted by molar-refractivity contribution is 6.99. The summed E-state index contributed by atoms with van der Waals surface area (Å²) >= 11 is 1.16. The van der Waals surface area contributed by atoms with Gasteiger partial charge in [0, 0.05) is 44.2 Å². The van der Waals surface area contributed by atoms with Crippen molar-refractivity contribution in [3.05, 3.63) is 17.5 Å². The van der Waals surface area contributed by atoms with Crippen molar-refractivity contribution in [2.45, 2.75) is 143 Å². The van der Waals surface area contributed by atoms with E-state index in [1.165, 1.54) is 0 Å². The molecular formula is C35H61N3O5SSi. The molecule has 45 heavy (non-hydrogen) atoms. The normalized spacial score (nSPS) is 34.2. The second kappa shape index (κ2) is 14.8. The fourth-order valence-electron chi connectivity index (χ4n) is 6.90. The Morgan fingerprint density at radius 1 is 1.20 bits per heavy atom. The van der Waals surface area contributed by atoms with Crippen LogP contribution in [0.2, 0.25) is 18.1 Å². The van der Waals surface area contributed by atoms with Gasteiger partial charge in [-0.2, -0.15) is 8.75 Å². The standard InChI is InChI=1S/C35H61N3O5SSi/c1-23-15-14-16-35(10)29(38(35)17-18-42-45(12,13)33(5,6)7)20-28(24(2)19-27-22-36-44-37-27)43-31(39)21-30(41-11)34(8,9)32(40)26(4)25(23)3/h19,22-23,25-26,28-30H,14-18,20-21H2,1-13H3/b24-19+/t23-,25-,26+,28-,29-,30-,35+,38?/m0/s1. The molecule has 1 unspecified atom stereocenters. The predicted molar refractivity (Wildman–Crippen MR) is 186 cm³/mol. The van der Waals surface area contributed by atoms with E-state index >= 15 is 0 Å². The molecular weight excluding hydrogens is 603 g/mol. The van der Waals surface area contributed by atoms with E-state index in [1.54, 1.807) is 13.3 Å². The zero-order valence-corrected chi connectivity index (χ0v) is 32.2. The smallest absolute Gasteiger partial charge is 0.309 e. The van der Waals surface area contributed by atoms with Gasteiger partial charge in [0.1, 0.15) is 11.9 Å². The van der Waals surface area contributed by atoms with Crippen LogP contribution in [0.5, 0.6) is 0 Å². The maximum absolute atomic E-state index is 13.9. The maximum atomic E-state index is 13.9. The number of aromatic nitrogens is 2. The lowest BCUT2D eigenvalue weighted by Crippen LogP contribution is -2.45. The highest BCUT2D eigenvalue weighted by Crippen LogP contribution is 2.49. The number of esters is 1. The van der Waals surface area contributed by atoms with Crippen molar-refractivity contribution in [3.63, 3.8) is 0 Å². The summed E-state index contributed by atoms with van der Waals surface area (Å²) in [5, 5.41) is 0.157. The second-order valence-electron chi connectivity index (χ2n) is 16.1. The number of fused-ring (bicyclic) bond motifs is 1. The molecule has 2 fully saturated rings. The molecule has 0 radical (unpaired) electrons. The molecule has 2 aliphatic heterocycles. The van der Waals surface area contributed by atoms with E-state index in [9.17, 15) is 9.59 Å². The number of methoxy groups -OCH3 is 1. The van der Waals surface area contributed by atoms with Crippen molar-refractivity contribution in [2.75, 3.05) is 20.3 Å². The summed E-state index contributed by atoms with van der Waals surface area (Å²) in [6.45, 7) is 27.7. The average molecular weight is 664 g/mol. The van der Waals surface area contributed by atoms with E-state index in [2.05, 4.69) is 68.3 Å². The van der Waals surface area contributed by atoms with Crippen LogP contribution < -0.4 is 0 Å². The van der Waals surface area contributed by atoms with Crippen LogP contribution in [0.15, 0.2) is 11.8 Å². The summed E-state index contributed by atoms with van der Waals surface area (Å²) in [4.78, 5) is 30.0. The zero-order chi connectivity index (χ0) is 34.0. The van der Waals surface area contributed by atoms with Crippen LogP contribution in [0, 0.1) is 23.2 Å². The molecule has 1 aromatic rings. The van der Waals surface area contributed by atoms with E-state index in [4.69, 9.17) is 13.9 Å². The Balaban J connectivity index is 1.94. The second-order valence-corrected chi connectivity index (χ2v) is 21.5. The molecule has 0 aromatic carbocycles. The zero-order valence-electron chi connectivity index (χ0n) is 30.4. The van der Waals surface area contributed by atoms with Crippen LogP contribution >= 0.6 is 11.7 Å². The van der Waals surface area contributed by atoms with Crippen LogP contribution in [0.1, 0.15) is 107 Å². The average Bonchev–Trinajstić information content (AvgIpc) is 3.24. The molecule has 3 heterocycles. The minimum Gasteiger partial charge on any atom is -0.458 e. The Morgan fingerprint density at radius 3 is 2.44 bits per heavy atom. The van der Waals surface area contributed by atoms with Gasteiger partial charge in [-0.05, 0) is 61.9 Å². The highest BCUT2D eigenvalue weighted by Gasteiger charge is 2.58. The summed E-state index contributed by atoms with van der Waals surface area (Å²) in [6, 6.07) is 0.256. The lowest BCUT2D eigenvalue weighted by atomic mass is 9.70. The third-order valence-electron chi connectivity index (χ3n) is 11.8. The number of nitrogens with zero attached hydrogens (tertiary/aromatic N) is 3. The molecule has 0 amide bonds. The van der Waals surface area contributed by atoms with Crippen LogP contribution in [0.3, 0.4) is 0 Å². The van der Waals surface area contributed by atoms with Crippen LogP contribution in [-0.2, 0) is 23.5 Å². The fourth-order valence-corrected chi connectivity index (χ4v) is 8.33. The maximum Gasteiger partial charge on any atom is 0.309 e. The Labute approximate surface area is 278 Å². The lowest BCUT2D eigenvalue weighted by molar-refractivity contribution is -0.155. The molecule has 1 aromatic heterocycles. The first-order chi connectivity index (χ1) is 20.8. The van der Waals surface area contributed by atoms with Crippen LogP contribution in [0.4, 0.5) is 0 Å². The van der Waals surface area contributed by atoms with Crippen molar-refractivity contribution in [2.24, 2.45) is 23.2 Å². The van der Waals surface area contributed by atoms with Gasteiger partial charge in [0.15, 0.2) is 8.32 Å². The SMILES string of the molecule is CO[C@H]1CC(=O)O[C@H](/C(C)=C/c2cnsn2)C[C@@H]2N(CCO[Si](C)(C)C(C)(C)C)[C@]2(C)CCC[C@H](C)[C@H](C)[C@@H](C)C(=O)C1(C)C. The molecule has 0 saturated carbocycles. The monoisotopic (exact) mass is 663 g/mol. The van der Waals surface area contributed by atoms with Gasteiger partial charge in [0.25, 0.3) is 0 Å². The number of hydrogen-bond acceptors (Lipinski definition) is 9. The van der Waals surface area contributed by atoms with Crippen molar-refractivity contribution >= 4 is 37.9 Å². The Kier molecular flexibility index (Phi) is 12.5. The minimum atomic E-state index is -1.87. The molecule has 10 heteroatoms. The first-order valence-corrected chi connectivity index (χ1v) is 20.5. The van der Waals surface area contributed by atoms with Crippen LogP contribution in [0.25, 0.3) is 6.08 Å². The summed E-state index contributed by atoms with van der Waals surface area (Å²) in [5.74, 6) is 0.268. The predicted octanol–water partition coefficient (Wildman–Crippen LogP) is 7.80. The van der Waals surface area contributed by atoms with Gasteiger partial charge < -0.3 is 13.9 Å². The van der Waals surface area contributed by atoms with Gasteiger partial charge in [-0.3, -0.25) is 14.5 Å². The Hall–Kier alpha value is -1.46. The van der Waals surface area contributed by atoms with Crippen molar-refractivity contribution in [1.29, 1.82) is 0 Å². The summed E-state index contributed by atoms with van der Waals surface area (Å²) in [7, 11) is -0.289. The number of hydrogen-bond donors (Lipinski definition) is 0. The first-order valence-electron chi connectivity index (χ1n) is 16.9. The van der Waals surface area contributed by atoms with Crippen LogP contribution in [-0.4, -0.2) is 77.8 Å². The van der Waals surface area contributed by atoms with E-state index in [-0.39, 0.29) is 46.6 Å². The largest absolute Gasteiger partial charge is 0.458 e. The van der Waals surface area contributed by atoms with E-state index in [0.717, 1.165) is 48.8 Å². The third kappa shape index (κ3) is 8.92. The number of Topliss-reactive ketones (excluding diaryl/α,β-unsaturated/α-hetero) is 1. The van der Waals surface area contributed by atoms with Gasteiger partial charge in [0.05, 0.1) is 41.6 Å². The first kappa shape index (κ1) is 38.0. The quantitative estimate of drug-likeness (QED) is 0.166. The molecule has 3 rings (SSSR count). The number of rotatable bonds is 7. The van der Waals surface area contributed by atoms with E-state index < -0.39 is 25.9 Å². The topological polar surface area (TPSA) is 90.6 Å². The fraction of sp³-hybridized carbons (Fsp3) is 0.829. The summed E-state index contributed by atoms with van der Waals surface area (Å²) in [6.07, 6.45) is 6.57. The number of ether oxygens (including phenoxy) is 2. The lowest BCUT2D eigenvalue weighted by Gasteiger charge is -2.36. The molecule has 256 valence electrons. The number of ketones is 1. The Bertz CT molecular complexity index is 1180. The minimum absolute atomic E-state index is 0.0115. The molecule has 0 N–H and O–H groups in total. The number of carbonyl (C=O) groups is 2.